The fourth-order valence-electron chi connectivity index (χ4n) is 1.16. The summed E-state index contributed by atoms with van der Waals surface area (Å²) in [6.07, 6.45) is 3.51. The molecule has 0 unspecified atom stereocenters. The van der Waals surface area contributed by atoms with E-state index in [1.807, 2.05) is 0 Å². The van der Waals surface area contributed by atoms with Crippen molar-refractivity contribution in [2.24, 2.45) is 0 Å². The predicted octanol–water partition coefficient (Wildman–Crippen LogP) is 0.686. The maximum atomic E-state index is 8.44. The molecular weight excluding hydrogens is 166 g/mol. The summed E-state index contributed by atoms with van der Waals surface area (Å²) in [5.41, 5.74) is 0.102. The van der Waals surface area contributed by atoms with Crippen molar-refractivity contribution in [2.75, 3.05) is 13.2 Å². The highest BCUT2D eigenvalue weighted by Crippen LogP contribution is 2.05. The van der Waals surface area contributed by atoms with Gasteiger partial charge in [-0.1, -0.05) is 0 Å². The van der Waals surface area contributed by atoms with Crippen LogP contribution in [0.4, 0.5) is 0 Å². The first-order valence-electron chi connectivity index (χ1n) is 4.21. The summed E-state index contributed by atoms with van der Waals surface area (Å²) < 4.78 is 5.22. The third-order valence-electron chi connectivity index (χ3n) is 1.86. The van der Waals surface area contributed by atoms with Crippen molar-refractivity contribution in [1.29, 1.82) is 10.5 Å². The van der Waals surface area contributed by atoms with Crippen LogP contribution in [0, 0.1) is 22.7 Å². The van der Waals surface area contributed by atoms with E-state index in [2.05, 4.69) is 5.32 Å². The van der Waals surface area contributed by atoms with Crippen molar-refractivity contribution in [2.45, 2.75) is 18.9 Å². The van der Waals surface area contributed by atoms with Gasteiger partial charge in [0.2, 0.25) is 0 Å². The second-order valence-corrected chi connectivity index (χ2v) is 2.86. The number of nitriles is 2. The second kappa shape index (κ2) is 5.18. The summed E-state index contributed by atoms with van der Waals surface area (Å²) in [6, 6.07) is 3.82. The maximum Gasteiger partial charge on any atom is 0.145 e. The van der Waals surface area contributed by atoms with Crippen LogP contribution in [0.15, 0.2) is 11.8 Å². The Balaban J connectivity index is 2.37. The SMILES string of the molecule is N#CC(C#N)=CN[C@H]1CCCOC1. The molecule has 1 heterocycles. The van der Waals surface area contributed by atoms with E-state index in [9.17, 15) is 0 Å². The van der Waals surface area contributed by atoms with Gasteiger partial charge in [0.1, 0.15) is 17.7 Å². The van der Waals surface area contributed by atoms with Crippen LogP contribution in [0.5, 0.6) is 0 Å². The lowest BCUT2D eigenvalue weighted by Crippen LogP contribution is -2.33. The van der Waals surface area contributed by atoms with Gasteiger partial charge < -0.3 is 10.1 Å². The van der Waals surface area contributed by atoms with Gasteiger partial charge in [0.25, 0.3) is 0 Å². The van der Waals surface area contributed by atoms with Crippen molar-refractivity contribution < 1.29 is 4.74 Å². The number of nitrogens with one attached hydrogen (secondary N) is 1. The van der Waals surface area contributed by atoms with Gasteiger partial charge in [0, 0.05) is 18.8 Å². The summed E-state index contributed by atoms with van der Waals surface area (Å²) in [6.45, 7) is 1.46. The van der Waals surface area contributed by atoms with Gasteiger partial charge in [0.05, 0.1) is 6.61 Å². The van der Waals surface area contributed by atoms with Gasteiger partial charge in [0.15, 0.2) is 0 Å². The minimum absolute atomic E-state index is 0.102. The molecule has 0 aromatic carbocycles. The van der Waals surface area contributed by atoms with Crippen LogP contribution in [-0.2, 0) is 4.74 Å². The third kappa shape index (κ3) is 3.14. The fraction of sp³-hybridized carbons (Fsp3) is 0.556. The highest BCUT2D eigenvalue weighted by Gasteiger charge is 2.11. The molecule has 0 amide bonds. The Morgan fingerprint density at radius 2 is 2.23 bits per heavy atom. The van der Waals surface area contributed by atoms with Crippen molar-refractivity contribution in [1.82, 2.24) is 5.32 Å². The van der Waals surface area contributed by atoms with E-state index in [1.165, 1.54) is 6.20 Å². The van der Waals surface area contributed by atoms with Gasteiger partial charge in [-0.05, 0) is 12.8 Å². The smallest absolute Gasteiger partial charge is 0.145 e. The molecule has 1 saturated heterocycles. The number of nitrogens with zero attached hydrogens (tertiary/aromatic N) is 2. The highest BCUT2D eigenvalue weighted by atomic mass is 16.5. The molecule has 0 saturated carbocycles. The summed E-state index contributed by atoms with van der Waals surface area (Å²) in [4.78, 5) is 0. The van der Waals surface area contributed by atoms with Crippen molar-refractivity contribution in [3.05, 3.63) is 11.8 Å². The standard InChI is InChI=1S/C9H11N3O/c10-4-8(5-11)6-12-9-2-1-3-13-7-9/h6,9,12H,1-3,7H2/t9-/m0/s1. The molecule has 1 aliphatic heterocycles. The van der Waals surface area contributed by atoms with Crippen molar-refractivity contribution >= 4 is 0 Å². The number of ether oxygens (including phenoxy) is 1. The first-order valence-corrected chi connectivity index (χ1v) is 4.21. The summed E-state index contributed by atoms with van der Waals surface area (Å²) in [5.74, 6) is 0. The zero-order valence-corrected chi connectivity index (χ0v) is 7.29. The first-order chi connectivity index (χ1) is 6.36. The zero-order chi connectivity index (χ0) is 9.52. The Hall–Kier alpha value is -1.52. The fourth-order valence-corrected chi connectivity index (χ4v) is 1.16. The summed E-state index contributed by atoms with van der Waals surface area (Å²) >= 11 is 0. The molecule has 1 aliphatic rings. The van der Waals surface area contributed by atoms with E-state index in [4.69, 9.17) is 15.3 Å². The molecule has 4 heteroatoms. The van der Waals surface area contributed by atoms with Crippen LogP contribution >= 0.6 is 0 Å². The molecule has 0 aromatic rings. The molecule has 68 valence electrons. The van der Waals surface area contributed by atoms with Crippen molar-refractivity contribution in [3.63, 3.8) is 0 Å². The lowest BCUT2D eigenvalue weighted by atomic mass is 10.1. The van der Waals surface area contributed by atoms with Crippen LogP contribution in [-0.4, -0.2) is 19.3 Å². The quantitative estimate of drug-likeness (QED) is 0.630. The largest absolute Gasteiger partial charge is 0.384 e. The minimum atomic E-state index is 0.102. The van der Waals surface area contributed by atoms with Crippen LogP contribution in [0.1, 0.15) is 12.8 Å². The van der Waals surface area contributed by atoms with Crippen LogP contribution in [0.3, 0.4) is 0 Å². The van der Waals surface area contributed by atoms with Gasteiger partial charge in [-0.25, -0.2) is 0 Å². The Morgan fingerprint density at radius 3 is 2.77 bits per heavy atom. The normalized spacial score (nSPS) is 20.9. The number of allylic oxidation sites excluding steroid dienone is 1. The lowest BCUT2D eigenvalue weighted by Gasteiger charge is -2.21. The van der Waals surface area contributed by atoms with E-state index in [0.717, 1.165) is 19.4 Å². The molecule has 0 aromatic heterocycles. The Kier molecular flexibility index (Phi) is 3.81. The van der Waals surface area contributed by atoms with E-state index in [-0.39, 0.29) is 11.6 Å². The van der Waals surface area contributed by atoms with E-state index >= 15 is 0 Å². The van der Waals surface area contributed by atoms with Crippen molar-refractivity contribution in [3.8, 4) is 12.1 Å². The first kappa shape index (κ1) is 9.57. The molecule has 0 radical (unpaired) electrons. The van der Waals surface area contributed by atoms with Crippen LogP contribution < -0.4 is 5.32 Å². The second-order valence-electron chi connectivity index (χ2n) is 2.86. The molecule has 1 atom stereocenters. The molecule has 0 spiro atoms. The van der Waals surface area contributed by atoms with Gasteiger partial charge in [-0.2, -0.15) is 10.5 Å². The van der Waals surface area contributed by atoms with E-state index in [0.29, 0.717) is 6.61 Å². The predicted molar refractivity (Wildman–Crippen MR) is 46.3 cm³/mol. The van der Waals surface area contributed by atoms with Crippen LogP contribution in [0.2, 0.25) is 0 Å². The monoisotopic (exact) mass is 177 g/mol. The highest BCUT2D eigenvalue weighted by molar-refractivity contribution is 5.34. The molecule has 0 bridgehead atoms. The average Bonchev–Trinajstić information content (AvgIpc) is 2.21. The van der Waals surface area contributed by atoms with Gasteiger partial charge >= 0.3 is 0 Å². The average molecular weight is 177 g/mol. The zero-order valence-electron chi connectivity index (χ0n) is 7.29. The van der Waals surface area contributed by atoms with E-state index in [1.54, 1.807) is 12.1 Å². The third-order valence-corrected chi connectivity index (χ3v) is 1.86. The Bertz CT molecular complexity index is 250. The molecule has 1 rings (SSSR count). The number of hydrogen-bond acceptors (Lipinski definition) is 4. The Morgan fingerprint density at radius 1 is 1.46 bits per heavy atom. The molecule has 1 N–H and O–H groups in total. The van der Waals surface area contributed by atoms with Gasteiger partial charge in [-0.3, -0.25) is 0 Å². The van der Waals surface area contributed by atoms with E-state index < -0.39 is 0 Å². The summed E-state index contributed by atoms with van der Waals surface area (Å²) in [5, 5.41) is 19.9. The van der Waals surface area contributed by atoms with Crippen LogP contribution in [0.25, 0.3) is 0 Å². The summed E-state index contributed by atoms with van der Waals surface area (Å²) in [7, 11) is 0. The molecule has 1 fully saturated rings. The number of rotatable bonds is 2. The molecule has 0 aliphatic carbocycles. The Labute approximate surface area is 77.4 Å². The van der Waals surface area contributed by atoms with Gasteiger partial charge in [-0.15, -0.1) is 0 Å². The lowest BCUT2D eigenvalue weighted by molar-refractivity contribution is 0.0747. The molecule has 13 heavy (non-hydrogen) atoms. The molecule has 4 nitrogen and oxygen atoms in total. The maximum absolute atomic E-state index is 8.44. The molecular formula is C9H11N3O. The number of hydrogen-bond donors (Lipinski definition) is 1. The topological polar surface area (TPSA) is 68.8 Å². The minimum Gasteiger partial charge on any atom is -0.384 e.